The Morgan fingerprint density at radius 1 is 1.00 bits per heavy atom. The van der Waals surface area contributed by atoms with Crippen LogP contribution in [0.25, 0.3) is 0 Å². The van der Waals surface area contributed by atoms with Crippen molar-refractivity contribution in [2.24, 2.45) is 0 Å². The first-order valence-electron chi connectivity index (χ1n) is 7.34. The van der Waals surface area contributed by atoms with Gasteiger partial charge in [-0.25, -0.2) is 0 Å². The molecule has 0 heterocycles. The number of unbranched alkanes of at least 4 members (excludes halogenated alkanes) is 1. The van der Waals surface area contributed by atoms with Gasteiger partial charge < -0.3 is 5.32 Å². The summed E-state index contributed by atoms with van der Waals surface area (Å²) >= 11 is 4.24. The van der Waals surface area contributed by atoms with Gasteiger partial charge in [0.15, 0.2) is 0 Å². The molecule has 21 heavy (non-hydrogen) atoms. The van der Waals surface area contributed by atoms with Gasteiger partial charge in [-0.1, -0.05) is 37.6 Å². The molecule has 1 N–H and O–H groups in total. The largest absolute Gasteiger partial charge is 0.326 e. The maximum absolute atomic E-state index is 12.0. The molecule has 2 aromatic rings. The maximum Gasteiger partial charge on any atom is 0.228 e. The molecule has 1 amide bonds. The summed E-state index contributed by atoms with van der Waals surface area (Å²) in [7, 11) is 0. The third-order valence-electron chi connectivity index (χ3n) is 3.36. The Morgan fingerprint density at radius 3 is 2.24 bits per heavy atom. The van der Waals surface area contributed by atoms with E-state index in [9.17, 15) is 4.79 Å². The van der Waals surface area contributed by atoms with Crippen molar-refractivity contribution < 1.29 is 4.79 Å². The number of carbonyl (C=O) groups excluding carboxylic acids is 1. The normalized spacial score (nSPS) is 10.4. The molecule has 0 saturated carbocycles. The molecule has 2 nitrogen and oxygen atoms in total. The molecule has 2 aromatic carbocycles. The van der Waals surface area contributed by atoms with Crippen LogP contribution in [0.5, 0.6) is 0 Å². The summed E-state index contributed by atoms with van der Waals surface area (Å²) in [5, 5.41) is 2.93. The second-order valence-electron chi connectivity index (χ2n) is 5.19. The molecule has 3 heteroatoms. The SMILES string of the molecule is CCCCc1ccc(NC(=O)Cc2ccc(S)cc2)cc1. The van der Waals surface area contributed by atoms with Gasteiger partial charge in [0.25, 0.3) is 0 Å². The van der Waals surface area contributed by atoms with Crippen molar-refractivity contribution in [1.82, 2.24) is 0 Å². The number of thiol groups is 1. The van der Waals surface area contributed by atoms with Crippen LogP contribution >= 0.6 is 12.6 Å². The maximum atomic E-state index is 12.0. The highest BCUT2D eigenvalue weighted by Gasteiger charge is 2.04. The van der Waals surface area contributed by atoms with Crippen LogP contribution < -0.4 is 5.32 Å². The number of hydrogen-bond acceptors (Lipinski definition) is 2. The van der Waals surface area contributed by atoms with Crippen LogP contribution in [-0.2, 0) is 17.6 Å². The smallest absolute Gasteiger partial charge is 0.228 e. The lowest BCUT2D eigenvalue weighted by Gasteiger charge is -2.07. The van der Waals surface area contributed by atoms with Crippen LogP contribution in [0.15, 0.2) is 53.4 Å². The van der Waals surface area contributed by atoms with Crippen molar-refractivity contribution in [2.75, 3.05) is 5.32 Å². The number of carbonyl (C=O) groups is 1. The second-order valence-corrected chi connectivity index (χ2v) is 5.71. The van der Waals surface area contributed by atoms with E-state index in [1.807, 2.05) is 36.4 Å². The fourth-order valence-corrected chi connectivity index (χ4v) is 2.29. The Hall–Kier alpha value is -1.74. The van der Waals surface area contributed by atoms with Crippen LogP contribution in [-0.4, -0.2) is 5.91 Å². The zero-order chi connectivity index (χ0) is 15.1. The molecule has 0 fully saturated rings. The molecule has 0 aliphatic heterocycles. The molecule has 0 aliphatic carbocycles. The van der Waals surface area contributed by atoms with Crippen molar-refractivity contribution >= 4 is 24.2 Å². The van der Waals surface area contributed by atoms with Crippen molar-refractivity contribution in [2.45, 2.75) is 37.5 Å². The van der Waals surface area contributed by atoms with Gasteiger partial charge in [-0.3, -0.25) is 4.79 Å². The van der Waals surface area contributed by atoms with E-state index in [0.29, 0.717) is 6.42 Å². The summed E-state index contributed by atoms with van der Waals surface area (Å²) in [6.07, 6.45) is 3.88. The summed E-state index contributed by atoms with van der Waals surface area (Å²) in [5.74, 6) is 0.00298. The second kappa shape index (κ2) is 7.89. The standard InChI is InChI=1S/C18H21NOS/c1-2-3-4-14-5-9-16(10-6-14)19-18(20)13-15-7-11-17(21)12-8-15/h5-12,21H,2-4,13H2,1H3,(H,19,20). The summed E-state index contributed by atoms with van der Waals surface area (Å²) in [5.41, 5.74) is 3.16. The molecule has 0 radical (unpaired) electrons. The van der Waals surface area contributed by atoms with Crippen LogP contribution in [0.1, 0.15) is 30.9 Å². The van der Waals surface area contributed by atoms with E-state index in [4.69, 9.17) is 0 Å². The van der Waals surface area contributed by atoms with Crippen LogP contribution in [0.3, 0.4) is 0 Å². The Labute approximate surface area is 132 Å². The Morgan fingerprint density at radius 2 is 1.62 bits per heavy atom. The summed E-state index contributed by atoms with van der Waals surface area (Å²) < 4.78 is 0. The topological polar surface area (TPSA) is 29.1 Å². The van der Waals surface area contributed by atoms with Gasteiger partial charge in [-0.05, 0) is 48.2 Å². The van der Waals surface area contributed by atoms with Gasteiger partial charge in [0.1, 0.15) is 0 Å². The van der Waals surface area contributed by atoms with E-state index in [1.54, 1.807) is 0 Å². The van der Waals surface area contributed by atoms with Gasteiger partial charge in [-0.15, -0.1) is 12.6 Å². The van der Waals surface area contributed by atoms with Crippen molar-refractivity contribution in [3.63, 3.8) is 0 Å². The number of hydrogen-bond donors (Lipinski definition) is 2. The fraction of sp³-hybridized carbons (Fsp3) is 0.278. The monoisotopic (exact) mass is 299 g/mol. The highest BCUT2D eigenvalue weighted by Crippen LogP contribution is 2.13. The molecule has 0 saturated heterocycles. The Bertz CT molecular complexity index is 575. The number of nitrogens with one attached hydrogen (secondary N) is 1. The molecular weight excluding hydrogens is 278 g/mol. The van der Waals surface area contributed by atoms with Gasteiger partial charge in [0.05, 0.1) is 6.42 Å². The van der Waals surface area contributed by atoms with E-state index >= 15 is 0 Å². The molecule has 0 aromatic heterocycles. The average molecular weight is 299 g/mol. The van der Waals surface area contributed by atoms with E-state index in [-0.39, 0.29) is 5.91 Å². The van der Waals surface area contributed by atoms with Gasteiger partial charge in [0.2, 0.25) is 5.91 Å². The lowest BCUT2D eigenvalue weighted by Crippen LogP contribution is -2.14. The van der Waals surface area contributed by atoms with Crippen molar-refractivity contribution in [1.29, 1.82) is 0 Å². The molecule has 110 valence electrons. The number of aryl methyl sites for hydroxylation is 1. The lowest BCUT2D eigenvalue weighted by atomic mass is 10.1. The minimum Gasteiger partial charge on any atom is -0.326 e. The highest BCUT2D eigenvalue weighted by atomic mass is 32.1. The molecule has 0 bridgehead atoms. The molecular formula is C18H21NOS. The molecule has 0 aliphatic rings. The number of amides is 1. The lowest BCUT2D eigenvalue weighted by molar-refractivity contribution is -0.115. The first-order chi connectivity index (χ1) is 10.2. The van der Waals surface area contributed by atoms with Gasteiger partial charge >= 0.3 is 0 Å². The average Bonchev–Trinajstić information content (AvgIpc) is 2.49. The van der Waals surface area contributed by atoms with E-state index in [1.165, 1.54) is 18.4 Å². The zero-order valence-electron chi connectivity index (χ0n) is 12.3. The van der Waals surface area contributed by atoms with E-state index in [0.717, 1.165) is 22.6 Å². The molecule has 0 spiro atoms. The third-order valence-corrected chi connectivity index (χ3v) is 3.66. The van der Waals surface area contributed by atoms with Crippen LogP contribution in [0.2, 0.25) is 0 Å². The zero-order valence-corrected chi connectivity index (χ0v) is 13.2. The fourth-order valence-electron chi connectivity index (χ4n) is 2.14. The van der Waals surface area contributed by atoms with Gasteiger partial charge in [-0.2, -0.15) is 0 Å². The van der Waals surface area contributed by atoms with Crippen molar-refractivity contribution in [3.05, 3.63) is 59.7 Å². The van der Waals surface area contributed by atoms with E-state index < -0.39 is 0 Å². The van der Waals surface area contributed by atoms with E-state index in [2.05, 4.69) is 37.0 Å². The molecule has 0 atom stereocenters. The predicted octanol–water partition coefficient (Wildman–Crippen LogP) is 4.50. The molecule has 0 unspecified atom stereocenters. The van der Waals surface area contributed by atoms with Crippen LogP contribution in [0, 0.1) is 0 Å². The summed E-state index contributed by atoms with van der Waals surface area (Å²) in [6, 6.07) is 15.8. The quantitative estimate of drug-likeness (QED) is 0.756. The minimum absolute atomic E-state index is 0.00298. The third kappa shape index (κ3) is 5.27. The van der Waals surface area contributed by atoms with Gasteiger partial charge in [0, 0.05) is 10.6 Å². The highest BCUT2D eigenvalue weighted by molar-refractivity contribution is 7.80. The predicted molar refractivity (Wildman–Crippen MR) is 91.1 cm³/mol. The first-order valence-corrected chi connectivity index (χ1v) is 7.79. The Kier molecular flexibility index (Phi) is 5.88. The van der Waals surface area contributed by atoms with Crippen LogP contribution in [0.4, 0.5) is 5.69 Å². The first kappa shape index (κ1) is 15.6. The number of benzene rings is 2. The van der Waals surface area contributed by atoms with Crippen molar-refractivity contribution in [3.8, 4) is 0 Å². The number of anilines is 1. The molecule has 2 rings (SSSR count). The number of rotatable bonds is 6. The summed E-state index contributed by atoms with van der Waals surface area (Å²) in [6.45, 7) is 2.19. The minimum atomic E-state index is 0.00298. The Balaban J connectivity index is 1.88. The summed E-state index contributed by atoms with van der Waals surface area (Å²) in [4.78, 5) is 12.9.